The van der Waals surface area contributed by atoms with Gasteiger partial charge in [-0.1, -0.05) is 15.9 Å². The third kappa shape index (κ3) is 4.87. The molecule has 0 saturated carbocycles. The first-order chi connectivity index (χ1) is 6.63. The monoisotopic (exact) mass is 293 g/mol. The highest BCUT2D eigenvalue weighted by molar-refractivity contribution is 9.10. The van der Waals surface area contributed by atoms with E-state index >= 15 is 0 Å². The Morgan fingerprint density at radius 1 is 1.33 bits per heavy atom. The molecule has 0 aliphatic heterocycles. The van der Waals surface area contributed by atoms with E-state index in [0.717, 1.165) is 16.8 Å². The Balaban J connectivity index is 0.00000196. The van der Waals surface area contributed by atoms with Crippen LogP contribution in [0.15, 0.2) is 22.7 Å². The van der Waals surface area contributed by atoms with E-state index in [9.17, 15) is 0 Å². The Morgan fingerprint density at radius 3 is 2.53 bits per heavy atom. The van der Waals surface area contributed by atoms with Gasteiger partial charge in [0.1, 0.15) is 5.75 Å². The van der Waals surface area contributed by atoms with Crippen LogP contribution in [0.3, 0.4) is 0 Å². The predicted octanol–water partition coefficient (Wildman–Crippen LogP) is 3.33. The standard InChI is InChI=1S/C11H16BrNO.ClH/c1-4-14-11-6-5-10(12)7-9(11)8-13(2)3;/h5-7H,4,8H2,1-3H3;1H. The molecule has 0 aliphatic carbocycles. The molecule has 4 heteroatoms. The highest BCUT2D eigenvalue weighted by Gasteiger charge is 2.04. The lowest BCUT2D eigenvalue weighted by atomic mass is 10.2. The molecule has 0 spiro atoms. The molecule has 0 N–H and O–H groups in total. The molecular formula is C11H17BrClNO. The topological polar surface area (TPSA) is 12.5 Å². The highest BCUT2D eigenvalue weighted by atomic mass is 79.9. The van der Waals surface area contributed by atoms with Gasteiger partial charge in [0.05, 0.1) is 6.61 Å². The summed E-state index contributed by atoms with van der Waals surface area (Å²) in [5.74, 6) is 0.976. The van der Waals surface area contributed by atoms with Gasteiger partial charge in [-0.05, 0) is 39.2 Å². The molecule has 1 aromatic carbocycles. The predicted molar refractivity (Wildman–Crippen MR) is 70.0 cm³/mol. The lowest BCUT2D eigenvalue weighted by Crippen LogP contribution is -2.12. The van der Waals surface area contributed by atoms with E-state index in [1.54, 1.807) is 0 Å². The molecule has 0 heterocycles. The van der Waals surface area contributed by atoms with Crippen LogP contribution in [0.1, 0.15) is 12.5 Å². The van der Waals surface area contributed by atoms with E-state index in [-0.39, 0.29) is 12.4 Å². The number of ether oxygens (including phenoxy) is 1. The zero-order valence-electron chi connectivity index (χ0n) is 9.29. The van der Waals surface area contributed by atoms with Crippen LogP contribution in [-0.2, 0) is 6.54 Å². The SMILES string of the molecule is CCOc1ccc(Br)cc1CN(C)C.Cl. The van der Waals surface area contributed by atoms with Gasteiger partial charge in [-0.15, -0.1) is 12.4 Å². The molecule has 1 rings (SSSR count). The first-order valence-corrected chi connectivity index (χ1v) is 5.48. The number of hydrogen-bond acceptors (Lipinski definition) is 2. The van der Waals surface area contributed by atoms with Crippen LogP contribution >= 0.6 is 28.3 Å². The van der Waals surface area contributed by atoms with E-state index < -0.39 is 0 Å². The number of halogens is 2. The number of benzene rings is 1. The van der Waals surface area contributed by atoms with Crippen molar-refractivity contribution < 1.29 is 4.74 Å². The summed E-state index contributed by atoms with van der Waals surface area (Å²) in [5.41, 5.74) is 1.21. The first-order valence-electron chi connectivity index (χ1n) is 4.69. The van der Waals surface area contributed by atoms with Crippen molar-refractivity contribution in [1.29, 1.82) is 0 Å². The van der Waals surface area contributed by atoms with E-state index in [2.05, 4.69) is 41.0 Å². The van der Waals surface area contributed by atoms with Crippen LogP contribution in [0.2, 0.25) is 0 Å². The fourth-order valence-electron chi connectivity index (χ4n) is 1.31. The van der Waals surface area contributed by atoms with Gasteiger partial charge in [-0.2, -0.15) is 0 Å². The molecule has 0 fully saturated rings. The van der Waals surface area contributed by atoms with Gasteiger partial charge in [-0.3, -0.25) is 0 Å². The third-order valence-electron chi connectivity index (χ3n) is 1.81. The van der Waals surface area contributed by atoms with Crippen molar-refractivity contribution in [3.63, 3.8) is 0 Å². The van der Waals surface area contributed by atoms with Crippen molar-refractivity contribution in [3.05, 3.63) is 28.2 Å². The van der Waals surface area contributed by atoms with Crippen molar-refractivity contribution in [2.75, 3.05) is 20.7 Å². The normalized spacial score (nSPS) is 9.93. The lowest BCUT2D eigenvalue weighted by Gasteiger charge is -2.14. The fraction of sp³-hybridized carbons (Fsp3) is 0.455. The first kappa shape index (κ1) is 14.8. The van der Waals surface area contributed by atoms with Gasteiger partial charge in [0.15, 0.2) is 0 Å². The van der Waals surface area contributed by atoms with Crippen LogP contribution in [0.4, 0.5) is 0 Å². The van der Waals surface area contributed by atoms with E-state index in [1.165, 1.54) is 5.56 Å². The lowest BCUT2D eigenvalue weighted by molar-refractivity contribution is 0.325. The molecule has 0 saturated heterocycles. The molecule has 0 atom stereocenters. The summed E-state index contributed by atoms with van der Waals surface area (Å²) in [6, 6.07) is 6.11. The van der Waals surface area contributed by atoms with Crippen molar-refractivity contribution in [1.82, 2.24) is 4.90 Å². The van der Waals surface area contributed by atoms with E-state index in [4.69, 9.17) is 4.74 Å². The summed E-state index contributed by atoms with van der Waals surface area (Å²) >= 11 is 3.46. The summed E-state index contributed by atoms with van der Waals surface area (Å²) in [5, 5.41) is 0. The van der Waals surface area contributed by atoms with Gasteiger partial charge in [0, 0.05) is 16.6 Å². The third-order valence-corrected chi connectivity index (χ3v) is 2.30. The van der Waals surface area contributed by atoms with Crippen molar-refractivity contribution in [2.45, 2.75) is 13.5 Å². The molecule has 2 nitrogen and oxygen atoms in total. The molecule has 0 bridgehead atoms. The Bertz CT molecular complexity index is 305. The average molecular weight is 295 g/mol. The maximum absolute atomic E-state index is 5.55. The highest BCUT2D eigenvalue weighted by Crippen LogP contribution is 2.24. The van der Waals surface area contributed by atoms with Crippen molar-refractivity contribution >= 4 is 28.3 Å². The smallest absolute Gasteiger partial charge is 0.123 e. The van der Waals surface area contributed by atoms with Gasteiger partial charge in [-0.25, -0.2) is 0 Å². The van der Waals surface area contributed by atoms with Gasteiger partial charge < -0.3 is 9.64 Å². The van der Waals surface area contributed by atoms with Gasteiger partial charge in [0.25, 0.3) is 0 Å². The maximum Gasteiger partial charge on any atom is 0.123 e. The zero-order valence-corrected chi connectivity index (χ0v) is 11.7. The molecule has 0 unspecified atom stereocenters. The largest absolute Gasteiger partial charge is 0.494 e. The number of hydrogen-bond donors (Lipinski definition) is 0. The molecule has 15 heavy (non-hydrogen) atoms. The second-order valence-electron chi connectivity index (χ2n) is 3.42. The van der Waals surface area contributed by atoms with Crippen LogP contribution in [0.25, 0.3) is 0 Å². The molecule has 1 aromatic rings. The second-order valence-corrected chi connectivity index (χ2v) is 4.34. The summed E-state index contributed by atoms with van der Waals surface area (Å²) in [6.45, 7) is 3.61. The molecule has 0 amide bonds. The van der Waals surface area contributed by atoms with Crippen LogP contribution in [-0.4, -0.2) is 25.6 Å². The maximum atomic E-state index is 5.55. The van der Waals surface area contributed by atoms with Crippen molar-refractivity contribution in [3.8, 4) is 5.75 Å². The Hall–Kier alpha value is -0.250. The fourth-order valence-corrected chi connectivity index (χ4v) is 1.72. The van der Waals surface area contributed by atoms with Crippen LogP contribution in [0, 0.1) is 0 Å². The minimum atomic E-state index is 0. The molecule has 86 valence electrons. The molecule has 0 aromatic heterocycles. The summed E-state index contributed by atoms with van der Waals surface area (Å²) in [7, 11) is 4.10. The molecular weight excluding hydrogens is 277 g/mol. The van der Waals surface area contributed by atoms with Gasteiger partial charge in [0.2, 0.25) is 0 Å². The molecule has 0 radical (unpaired) electrons. The summed E-state index contributed by atoms with van der Waals surface area (Å²) in [6.07, 6.45) is 0. The summed E-state index contributed by atoms with van der Waals surface area (Å²) in [4.78, 5) is 2.13. The van der Waals surface area contributed by atoms with Crippen LogP contribution in [0.5, 0.6) is 5.75 Å². The average Bonchev–Trinajstić information content (AvgIpc) is 2.09. The minimum Gasteiger partial charge on any atom is -0.494 e. The van der Waals surface area contributed by atoms with Crippen molar-refractivity contribution in [2.24, 2.45) is 0 Å². The second kappa shape index (κ2) is 7.09. The molecule has 0 aliphatic rings. The number of nitrogens with zero attached hydrogens (tertiary/aromatic N) is 1. The Labute approximate surface area is 106 Å². The Kier molecular flexibility index (Phi) is 6.98. The minimum absolute atomic E-state index is 0. The van der Waals surface area contributed by atoms with Gasteiger partial charge >= 0.3 is 0 Å². The Morgan fingerprint density at radius 2 is 2.00 bits per heavy atom. The quantitative estimate of drug-likeness (QED) is 0.844. The van der Waals surface area contributed by atoms with E-state index in [1.807, 2.05) is 19.1 Å². The van der Waals surface area contributed by atoms with Crippen LogP contribution < -0.4 is 4.74 Å². The summed E-state index contributed by atoms with van der Waals surface area (Å²) < 4.78 is 6.64. The zero-order chi connectivity index (χ0) is 10.6. The van der Waals surface area contributed by atoms with E-state index in [0.29, 0.717) is 6.61 Å². The number of rotatable bonds is 4.